The highest BCUT2D eigenvalue weighted by Gasteiger charge is 2.02. The summed E-state index contributed by atoms with van der Waals surface area (Å²) in [5.74, 6) is 1.07. The van der Waals surface area contributed by atoms with E-state index in [4.69, 9.17) is 26.8 Å². The highest BCUT2D eigenvalue weighted by Crippen LogP contribution is 2.24. The van der Waals surface area contributed by atoms with Crippen LogP contribution in [0, 0.1) is 0 Å². The van der Waals surface area contributed by atoms with E-state index in [1.54, 1.807) is 19.2 Å². The summed E-state index contributed by atoms with van der Waals surface area (Å²) in [5, 5.41) is 0.312. The van der Waals surface area contributed by atoms with E-state index in [2.05, 4.69) is 4.98 Å². The van der Waals surface area contributed by atoms with Crippen LogP contribution in [0.4, 0.5) is 5.69 Å². The lowest BCUT2D eigenvalue weighted by Gasteiger charge is -2.07. The minimum atomic E-state index is 0.312. The molecule has 0 aliphatic heterocycles. The van der Waals surface area contributed by atoms with Crippen molar-refractivity contribution in [1.82, 2.24) is 4.98 Å². The molecule has 2 aromatic rings. The number of benzene rings is 1. The van der Waals surface area contributed by atoms with E-state index < -0.39 is 0 Å². The molecule has 0 saturated carbocycles. The van der Waals surface area contributed by atoms with Gasteiger partial charge in [-0.05, 0) is 30.2 Å². The van der Waals surface area contributed by atoms with Gasteiger partial charge in [-0.25, -0.2) is 4.98 Å². The number of hydrogen-bond acceptors (Lipinski definition) is 4. The maximum Gasteiger partial charge on any atom is 0.222 e. The molecule has 19 heavy (non-hydrogen) atoms. The van der Waals surface area contributed by atoms with Gasteiger partial charge in [0.05, 0.1) is 6.61 Å². The Kier molecular flexibility index (Phi) is 4.60. The van der Waals surface area contributed by atoms with Crippen molar-refractivity contribution in [3.63, 3.8) is 0 Å². The van der Waals surface area contributed by atoms with E-state index in [9.17, 15) is 0 Å². The van der Waals surface area contributed by atoms with Crippen LogP contribution in [0.3, 0.4) is 0 Å². The van der Waals surface area contributed by atoms with Crippen molar-refractivity contribution in [2.45, 2.75) is 6.42 Å². The fourth-order valence-corrected chi connectivity index (χ4v) is 1.82. The molecule has 0 fully saturated rings. The van der Waals surface area contributed by atoms with Crippen LogP contribution in [-0.4, -0.2) is 18.7 Å². The molecule has 0 bridgehead atoms. The number of halogens is 1. The Hall–Kier alpha value is -1.78. The molecular formula is C14H15ClN2O2. The summed E-state index contributed by atoms with van der Waals surface area (Å²) in [6.45, 7) is 0.701. The Labute approximate surface area is 117 Å². The number of rotatable bonds is 5. The average Bonchev–Trinajstić information content (AvgIpc) is 2.37. The smallest absolute Gasteiger partial charge is 0.222 e. The molecule has 0 amide bonds. The highest BCUT2D eigenvalue weighted by molar-refractivity contribution is 6.29. The van der Waals surface area contributed by atoms with Gasteiger partial charge in [0.2, 0.25) is 5.88 Å². The minimum absolute atomic E-state index is 0.312. The van der Waals surface area contributed by atoms with Crippen LogP contribution in [0.5, 0.6) is 11.6 Å². The van der Waals surface area contributed by atoms with Gasteiger partial charge in [0.25, 0.3) is 0 Å². The summed E-state index contributed by atoms with van der Waals surface area (Å²) in [4.78, 5) is 4.04. The van der Waals surface area contributed by atoms with Crippen LogP contribution in [0.15, 0.2) is 36.4 Å². The van der Waals surface area contributed by atoms with Crippen LogP contribution in [0.2, 0.25) is 5.15 Å². The number of nitrogens with two attached hydrogens (primary N) is 1. The Morgan fingerprint density at radius 3 is 2.58 bits per heavy atom. The van der Waals surface area contributed by atoms with Crippen molar-refractivity contribution in [2.75, 3.05) is 19.5 Å². The van der Waals surface area contributed by atoms with Gasteiger partial charge in [-0.15, -0.1) is 0 Å². The van der Waals surface area contributed by atoms with Gasteiger partial charge >= 0.3 is 0 Å². The summed E-state index contributed by atoms with van der Waals surface area (Å²) in [6.07, 6.45) is 0.874. The normalized spacial score (nSPS) is 10.4. The van der Waals surface area contributed by atoms with Crippen molar-refractivity contribution in [3.8, 4) is 11.6 Å². The quantitative estimate of drug-likeness (QED) is 0.853. The summed E-state index contributed by atoms with van der Waals surface area (Å²) in [5.41, 5.74) is 7.38. The van der Waals surface area contributed by atoms with Gasteiger partial charge in [0, 0.05) is 18.9 Å². The highest BCUT2D eigenvalue weighted by atomic mass is 35.5. The molecule has 0 spiro atoms. The van der Waals surface area contributed by atoms with Gasteiger partial charge in [0.1, 0.15) is 10.9 Å². The standard InChI is InChI=1S/C14H15ClN2O2/c1-18-7-6-10-2-4-12(5-3-10)19-14-9-11(16)8-13(15)17-14/h2-5,8-9H,6-7H2,1H3,(H2,16,17). The molecule has 2 rings (SSSR count). The zero-order valence-corrected chi connectivity index (χ0v) is 11.4. The lowest BCUT2D eigenvalue weighted by Crippen LogP contribution is -1.95. The van der Waals surface area contributed by atoms with E-state index in [1.807, 2.05) is 24.3 Å². The third kappa shape index (κ3) is 4.12. The van der Waals surface area contributed by atoms with E-state index >= 15 is 0 Å². The average molecular weight is 279 g/mol. The number of aromatic nitrogens is 1. The molecule has 1 aromatic carbocycles. The minimum Gasteiger partial charge on any atom is -0.439 e. The van der Waals surface area contributed by atoms with Crippen LogP contribution in [-0.2, 0) is 11.2 Å². The number of ether oxygens (including phenoxy) is 2. The molecular weight excluding hydrogens is 264 g/mol. The zero-order chi connectivity index (χ0) is 13.7. The van der Waals surface area contributed by atoms with Crippen molar-refractivity contribution in [1.29, 1.82) is 0 Å². The van der Waals surface area contributed by atoms with Gasteiger partial charge < -0.3 is 15.2 Å². The molecule has 0 radical (unpaired) electrons. The van der Waals surface area contributed by atoms with Crippen molar-refractivity contribution < 1.29 is 9.47 Å². The lowest BCUT2D eigenvalue weighted by molar-refractivity contribution is 0.202. The second kappa shape index (κ2) is 6.41. The molecule has 5 heteroatoms. The summed E-state index contributed by atoms with van der Waals surface area (Å²) in [7, 11) is 1.69. The Balaban J connectivity index is 2.06. The van der Waals surface area contributed by atoms with Gasteiger partial charge in [0.15, 0.2) is 0 Å². The number of anilines is 1. The predicted molar refractivity (Wildman–Crippen MR) is 75.8 cm³/mol. The second-order valence-corrected chi connectivity index (χ2v) is 4.44. The third-order valence-electron chi connectivity index (χ3n) is 2.53. The molecule has 4 nitrogen and oxygen atoms in total. The van der Waals surface area contributed by atoms with Crippen LogP contribution < -0.4 is 10.5 Å². The number of hydrogen-bond donors (Lipinski definition) is 1. The van der Waals surface area contributed by atoms with Crippen molar-refractivity contribution in [2.24, 2.45) is 0 Å². The molecule has 1 heterocycles. The summed E-state index contributed by atoms with van der Waals surface area (Å²) in [6, 6.07) is 10.9. The molecule has 0 aliphatic rings. The Morgan fingerprint density at radius 1 is 1.21 bits per heavy atom. The largest absolute Gasteiger partial charge is 0.439 e. The molecule has 0 aliphatic carbocycles. The third-order valence-corrected chi connectivity index (χ3v) is 2.73. The Morgan fingerprint density at radius 2 is 1.95 bits per heavy atom. The van der Waals surface area contributed by atoms with E-state index in [1.165, 1.54) is 5.56 Å². The molecule has 0 saturated heterocycles. The number of nitrogen functional groups attached to an aromatic ring is 1. The van der Waals surface area contributed by atoms with Crippen molar-refractivity contribution in [3.05, 3.63) is 47.1 Å². The first-order chi connectivity index (χ1) is 9.17. The topological polar surface area (TPSA) is 57.4 Å². The van der Waals surface area contributed by atoms with E-state index in [0.717, 1.165) is 6.42 Å². The zero-order valence-electron chi connectivity index (χ0n) is 10.6. The van der Waals surface area contributed by atoms with Crippen LogP contribution in [0.1, 0.15) is 5.56 Å². The number of pyridine rings is 1. The maximum absolute atomic E-state index is 5.81. The van der Waals surface area contributed by atoms with Gasteiger partial charge in [-0.1, -0.05) is 23.7 Å². The van der Waals surface area contributed by atoms with Crippen LogP contribution in [0.25, 0.3) is 0 Å². The molecule has 0 atom stereocenters. The van der Waals surface area contributed by atoms with E-state index in [0.29, 0.717) is 29.1 Å². The SMILES string of the molecule is COCCc1ccc(Oc2cc(N)cc(Cl)n2)cc1. The molecule has 0 unspecified atom stereocenters. The maximum atomic E-state index is 5.81. The van der Waals surface area contributed by atoms with Crippen LogP contribution >= 0.6 is 11.6 Å². The van der Waals surface area contributed by atoms with Gasteiger partial charge in [-0.2, -0.15) is 0 Å². The fraction of sp³-hybridized carbons (Fsp3) is 0.214. The van der Waals surface area contributed by atoms with Crippen molar-refractivity contribution >= 4 is 17.3 Å². The number of nitrogens with zero attached hydrogens (tertiary/aromatic N) is 1. The molecule has 1 aromatic heterocycles. The summed E-state index contributed by atoms with van der Waals surface area (Å²) < 4.78 is 10.6. The Bertz CT molecular complexity index is 523. The first-order valence-corrected chi connectivity index (χ1v) is 6.24. The monoisotopic (exact) mass is 278 g/mol. The fourth-order valence-electron chi connectivity index (χ4n) is 1.61. The number of methoxy groups -OCH3 is 1. The first-order valence-electron chi connectivity index (χ1n) is 5.86. The first kappa shape index (κ1) is 13.6. The second-order valence-electron chi connectivity index (χ2n) is 4.05. The van der Waals surface area contributed by atoms with Gasteiger partial charge in [-0.3, -0.25) is 0 Å². The molecule has 2 N–H and O–H groups in total. The predicted octanol–water partition coefficient (Wildman–Crippen LogP) is 3.30. The lowest BCUT2D eigenvalue weighted by atomic mass is 10.1. The summed E-state index contributed by atoms with van der Waals surface area (Å²) >= 11 is 5.81. The van der Waals surface area contributed by atoms with E-state index in [-0.39, 0.29) is 0 Å². The molecule has 100 valence electrons.